The lowest BCUT2D eigenvalue weighted by Crippen LogP contribution is -2.29. The number of sulfonamides is 1. The van der Waals surface area contributed by atoms with Crippen LogP contribution in [0.5, 0.6) is 5.75 Å². The van der Waals surface area contributed by atoms with Gasteiger partial charge < -0.3 is 15.4 Å². The molecule has 164 valence electrons. The van der Waals surface area contributed by atoms with Gasteiger partial charge >= 0.3 is 0 Å². The smallest absolute Gasteiger partial charge is 0.240 e. The van der Waals surface area contributed by atoms with Gasteiger partial charge in [-0.05, 0) is 55.8 Å². The molecule has 10 heteroatoms. The highest BCUT2D eigenvalue weighted by molar-refractivity contribution is 7.89. The van der Waals surface area contributed by atoms with Crippen molar-refractivity contribution in [1.82, 2.24) is 14.7 Å². The molecule has 0 fully saturated rings. The number of benzene rings is 2. The average Bonchev–Trinajstić information content (AvgIpc) is 2.73. The average molecular weight is 462 g/mol. The van der Waals surface area contributed by atoms with Crippen molar-refractivity contribution in [2.75, 3.05) is 30.8 Å². The molecule has 0 unspecified atom stereocenters. The van der Waals surface area contributed by atoms with Crippen LogP contribution in [-0.2, 0) is 10.0 Å². The van der Waals surface area contributed by atoms with E-state index in [4.69, 9.17) is 16.3 Å². The van der Waals surface area contributed by atoms with Crippen molar-refractivity contribution in [3.63, 3.8) is 0 Å². The maximum absolute atomic E-state index is 12.5. The van der Waals surface area contributed by atoms with Crippen LogP contribution in [0.2, 0.25) is 5.02 Å². The van der Waals surface area contributed by atoms with Crippen LogP contribution in [0, 0.1) is 13.8 Å². The van der Waals surface area contributed by atoms with Crippen LogP contribution in [0.25, 0.3) is 0 Å². The Kier molecular flexibility index (Phi) is 7.32. The highest BCUT2D eigenvalue weighted by atomic mass is 35.5. The second-order valence-electron chi connectivity index (χ2n) is 6.76. The third-order valence-electron chi connectivity index (χ3n) is 4.42. The molecule has 3 rings (SSSR count). The quantitative estimate of drug-likeness (QED) is 0.415. The van der Waals surface area contributed by atoms with E-state index in [9.17, 15) is 8.42 Å². The standard InChI is InChI=1S/C21H24ClN5O3S/c1-14-13-20(26-16-7-9-17(30-3)10-8-16)27-21(25-14)23-11-12-24-31(28,29)19-6-4-5-18(22)15(19)2/h4-10,13,24H,11-12H2,1-3H3,(H2,23,25,26,27). The van der Waals surface area contributed by atoms with Gasteiger partial charge in [0.15, 0.2) is 0 Å². The fourth-order valence-electron chi connectivity index (χ4n) is 2.85. The molecule has 0 amide bonds. The summed E-state index contributed by atoms with van der Waals surface area (Å²) in [7, 11) is -2.05. The summed E-state index contributed by atoms with van der Waals surface area (Å²) in [6.07, 6.45) is 0. The number of aromatic nitrogens is 2. The predicted molar refractivity (Wildman–Crippen MR) is 123 cm³/mol. The molecule has 1 heterocycles. The highest BCUT2D eigenvalue weighted by Gasteiger charge is 2.17. The van der Waals surface area contributed by atoms with Gasteiger partial charge in [0.2, 0.25) is 16.0 Å². The van der Waals surface area contributed by atoms with E-state index >= 15 is 0 Å². The Hall–Kier alpha value is -2.88. The molecular formula is C21H24ClN5O3S. The van der Waals surface area contributed by atoms with E-state index < -0.39 is 10.0 Å². The first-order valence-corrected chi connectivity index (χ1v) is 11.4. The van der Waals surface area contributed by atoms with Gasteiger partial charge in [-0.1, -0.05) is 17.7 Å². The molecule has 0 aliphatic carbocycles. The van der Waals surface area contributed by atoms with Crippen molar-refractivity contribution in [3.8, 4) is 5.75 Å². The number of nitrogens with one attached hydrogen (secondary N) is 3. The van der Waals surface area contributed by atoms with Gasteiger partial charge in [-0.15, -0.1) is 0 Å². The number of halogens is 1. The number of anilines is 3. The van der Waals surface area contributed by atoms with Gasteiger partial charge in [0.1, 0.15) is 11.6 Å². The predicted octanol–water partition coefficient (Wildman–Crippen LogP) is 3.89. The van der Waals surface area contributed by atoms with Gasteiger partial charge in [0.05, 0.1) is 12.0 Å². The van der Waals surface area contributed by atoms with Gasteiger partial charge in [0, 0.05) is 35.6 Å². The number of ether oxygens (including phenoxy) is 1. The highest BCUT2D eigenvalue weighted by Crippen LogP contribution is 2.22. The molecule has 0 saturated heterocycles. The Labute approximate surface area is 187 Å². The number of rotatable bonds is 9. The van der Waals surface area contributed by atoms with Crippen LogP contribution in [0.3, 0.4) is 0 Å². The monoisotopic (exact) mass is 461 g/mol. The van der Waals surface area contributed by atoms with Crippen LogP contribution < -0.4 is 20.1 Å². The normalized spacial score (nSPS) is 11.2. The van der Waals surface area contributed by atoms with E-state index in [-0.39, 0.29) is 11.4 Å². The lowest BCUT2D eigenvalue weighted by Gasteiger charge is -2.12. The molecule has 0 spiro atoms. The minimum atomic E-state index is -3.67. The maximum Gasteiger partial charge on any atom is 0.240 e. The van der Waals surface area contributed by atoms with E-state index in [1.807, 2.05) is 37.3 Å². The zero-order chi connectivity index (χ0) is 22.4. The van der Waals surface area contributed by atoms with E-state index in [0.29, 0.717) is 28.9 Å². The zero-order valence-electron chi connectivity index (χ0n) is 17.4. The summed E-state index contributed by atoms with van der Waals surface area (Å²) < 4.78 is 32.8. The number of hydrogen-bond donors (Lipinski definition) is 3. The van der Waals surface area contributed by atoms with Gasteiger partial charge in [-0.2, -0.15) is 4.98 Å². The Morgan fingerprint density at radius 1 is 1.03 bits per heavy atom. The van der Waals surface area contributed by atoms with Crippen LogP contribution in [0.15, 0.2) is 53.4 Å². The summed E-state index contributed by atoms with van der Waals surface area (Å²) in [5, 5.41) is 6.67. The molecule has 0 bridgehead atoms. The van der Waals surface area contributed by atoms with Crippen molar-refractivity contribution in [1.29, 1.82) is 0 Å². The Balaban J connectivity index is 1.59. The van der Waals surface area contributed by atoms with Crippen molar-refractivity contribution in [3.05, 3.63) is 64.8 Å². The van der Waals surface area contributed by atoms with E-state index in [0.717, 1.165) is 17.1 Å². The second-order valence-corrected chi connectivity index (χ2v) is 8.90. The van der Waals surface area contributed by atoms with Crippen LogP contribution in [-0.4, -0.2) is 38.6 Å². The number of aryl methyl sites for hydroxylation is 1. The molecule has 8 nitrogen and oxygen atoms in total. The minimum Gasteiger partial charge on any atom is -0.497 e. The minimum absolute atomic E-state index is 0.160. The molecule has 0 aliphatic heterocycles. The molecule has 3 aromatic rings. The summed E-state index contributed by atoms with van der Waals surface area (Å²) in [6, 6.07) is 14.1. The summed E-state index contributed by atoms with van der Waals surface area (Å²) in [6.45, 7) is 4.00. The van der Waals surface area contributed by atoms with Crippen molar-refractivity contribution >= 4 is 39.1 Å². The lowest BCUT2D eigenvalue weighted by molar-refractivity contribution is 0.415. The first-order chi connectivity index (χ1) is 14.8. The number of methoxy groups -OCH3 is 1. The molecule has 31 heavy (non-hydrogen) atoms. The van der Waals surface area contributed by atoms with Crippen LogP contribution >= 0.6 is 11.6 Å². The zero-order valence-corrected chi connectivity index (χ0v) is 19.0. The Bertz CT molecular complexity index is 1150. The summed E-state index contributed by atoms with van der Waals surface area (Å²) >= 11 is 6.03. The summed E-state index contributed by atoms with van der Waals surface area (Å²) in [4.78, 5) is 8.94. The lowest BCUT2D eigenvalue weighted by atomic mass is 10.2. The van der Waals surface area contributed by atoms with Crippen molar-refractivity contribution in [2.24, 2.45) is 0 Å². The Morgan fingerprint density at radius 3 is 2.48 bits per heavy atom. The first kappa shape index (κ1) is 22.8. The molecule has 3 N–H and O–H groups in total. The third-order valence-corrected chi connectivity index (χ3v) is 6.44. The van der Waals surface area contributed by atoms with Crippen molar-refractivity contribution in [2.45, 2.75) is 18.7 Å². The van der Waals surface area contributed by atoms with Gasteiger partial charge in [-0.3, -0.25) is 0 Å². The molecule has 0 aliphatic rings. The fourth-order valence-corrected chi connectivity index (χ4v) is 4.38. The van der Waals surface area contributed by atoms with E-state index in [1.165, 1.54) is 6.07 Å². The van der Waals surface area contributed by atoms with Crippen LogP contribution in [0.4, 0.5) is 17.5 Å². The first-order valence-electron chi connectivity index (χ1n) is 9.54. The van der Waals surface area contributed by atoms with Gasteiger partial charge in [0.25, 0.3) is 0 Å². The Morgan fingerprint density at radius 2 is 1.77 bits per heavy atom. The maximum atomic E-state index is 12.5. The molecular weight excluding hydrogens is 438 g/mol. The SMILES string of the molecule is COc1ccc(Nc2cc(C)nc(NCCNS(=O)(=O)c3cccc(Cl)c3C)n2)cc1. The van der Waals surface area contributed by atoms with Crippen LogP contribution in [0.1, 0.15) is 11.3 Å². The second kappa shape index (κ2) is 9.95. The van der Waals surface area contributed by atoms with Gasteiger partial charge in [-0.25, -0.2) is 18.1 Å². The van der Waals surface area contributed by atoms with Crippen molar-refractivity contribution < 1.29 is 13.2 Å². The van der Waals surface area contributed by atoms with E-state index in [2.05, 4.69) is 25.3 Å². The third kappa shape index (κ3) is 6.06. The number of nitrogens with zero attached hydrogens (tertiary/aromatic N) is 2. The molecule has 0 atom stereocenters. The molecule has 0 radical (unpaired) electrons. The molecule has 0 saturated carbocycles. The topological polar surface area (TPSA) is 105 Å². The fraction of sp³-hybridized carbons (Fsp3) is 0.238. The van der Waals surface area contributed by atoms with E-state index in [1.54, 1.807) is 26.2 Å². The molecule has 1 aromatic heterocycles. The summed E-state index contributed by atoms with van der Waals surface area (Å²) in [5.74, 6) is 1.78. The summed E-state index contributed by atoms with van der Waals surface area (Å²) in [5.41, 5.74) is 2.14. The largest absolute Gasteiger partial charge is 0.497 e. The molecule has 2 aromatic carbocycles. The number of hydrogen-bond acceptors (Lipinski definition) is 7.